The lowest BCUT2D eigenvalue weighted by atomic mass is 10.2. The van der Waals surface area contributed by atoms with Crippen LogP contribution in [0, 0.1) is 12.7 Å². The van der Waals surface area contributed by atoms with E-state index < -0.39 is 21.9 Å². The summed E-state index contributed by atoms with van der Waals surface area (Å²) in [4.78, 5) is 12.2. The number of sulfonamides is 1. The van der Waals surface area contributed by atoms with Crippen LogP contribution < -0.4 is 20.1 Å². The monoisotopic (exact) mass is 429 g/mol. The Bertz CT molecular complexity index is 1150. The molecule has 9 heteroatoms. The molecule has 3 rings (SSSR count). The second-order valence-electron chi connectivity index (χ2n) is 6.40. The fourth-order valence-electron chi connectivity index (χ4n) is 2.66. The van der Waals surface area contributed by atoms with E-state index in [9.17, 15) is 17.6 Å². The van der Waals surface area contributed by atoms with Gasteiger partial charge >= 0.3 is 6.03 Å². The molecule has 0 spiro atoms. The summed E-state index contributed by atoms with van der Waals surface area (Å²) in [6.07, 6.45) is 0. The maximum Gasteiger partial charge on any atom is 0.323 e. The molecular weight excluding hydrogens is 409 g/mol. The van der Waals surface area contributed by atoms with Crippen molar-refractivity contribution >= 4 is 33.1 Å². The highest BCUT2D eigenvalue weighted by atomic mass is 32.2. The van der Waals surface area contributed by atoms with Crippen molar-refractivity contribution in [3.8, 4) is 5.75 Å². The van der Waals surface area contributed by atoms with Crippen LogP contribution in [0.15, 0.2) is 71.6 Å². The lowest BCUT2D eigenvalue weighted by molar-refractivity contribution is 0.262. The highest BCUT2D eigenvalue weighted by Gasteiger charge is 2.18. The number of nitrogens with one attached hydrogen (secondary N) is 3. The van der Waals surface area contributed by atoms with Gasteiger partial charge in [0.15, 0.2) is 0 Å². The lowest BCUT2D eigenvalue weighted by Crippen LogP contribution is -2.20. The summed E-state index contributed by atoms with van der Waals surface area (Å²) in [6, 6.07) is 15.7. The van der Waals surface area contributed by atoms with Gasteiger partial charge in [-0.2, -0.15) is 0 Å². The Morgan fingerprint density at radius 1 is 0.867 bits per heavy atom. The maximum absolute atomic E-state index is 13.0. The summed E-state index contributed by atoms with van der Waals surface area (Å²) in [5.74, 6) is 0.186. The molecule has 30 heavy (non-hydrogen) atoms. The molecule has 7 nitrogen and oxygen atoms in total. The number of anilines is 3. The number of carbonyl (C=O) groups excluding carboxylic acids is 1. The molecule has 3 aromatic rings. The van der Waals surface area contributed by atoms with Crippen LogP contribution in [0.1, 0.15) is 5.56 Å². The summed E-state index contributed by atoms with van der Waals surface area (Å²) in [6.45, 7) is 1.66. The largest absolute Gasteiger partial charge is 0.497 e. The highest BCUT2D eigenvalue weighted by molar-refractivity contribution is 7.92. The third-order valence-corrected chi connectivity index (χ3v) is 5.70. The van der Waals surface area contributed by atoms with Gasteiger partial charge in [-0.1, -0.05) is 6.07 Å². The number of urea groups is 1. The molecule has 3 aromatic carbocycles. The van der Waals surface area contributed by atoms with Crippen molar-refractivity contribution in [2.45, 2.75) is 11.8 Å². The van der Waals surface area contributed by atoms with Crippen molar-refractivity contribution < 1.29 is 22.3 Å². The molecule has 0 saturated carbocycles. The molecule has 0 aliphatic carbocycles. The van der Waals surface area contributed by atoms with Crippen molar-refractivity contribution in [3.05, 3.63) is 78.1 Å². The van der Waals surface area contributed by atoms with Crippen LogP contribution >= 0.6 is 0 Å². The Morgan fingerprint density at radius 2 is 1.43 bits per heavy atom. The molecule has 0 atom stereocenters. The van der Waals surface area contributed by atoms with Crippen LogP contribution in [-0.2, 0) is 10.0 Å². The molecule has 0 aromatic heterocycles. The minimum absolute atomic E-state index is 0.0258. The Labute approximate surface area is 173 Å². The van der Waals surface area contributed by atoms with E-state index in [0.717, 1.165) is 0 Å². The molecule has 0 fully saturated rings. The average Bonchev–Trinajstić information content (AvgIpc) is 2.71. The van der Waals surface area contributed by atoms with Gasteiger partial charge in [-0.05, 0) is 73.2 Å². The van der Waals surface area contributed by atoms with Gasteiger partial charge in [0.2, 0.25) is 0 Å². The first-order valence-electron chi connectivity index (χ1n) is 8.88. The normalized spacial score (nSPS) is 10.9. The zero-order valence-corrected chi connectivity index (χ0v) is 17.1. The Kier molecular flexibility index (Phi) is 6.22. The van der Waals surface area contributed by atoms with E-state index in [2.05, 4.69) is 15.4 Å². The van der Waals surface area contributed by atoms with Crippen LogP contribution in [-0.4, -0.2) is 21.6 Å². The third kappa shape index (κ3) is 5.26. The van der Waals surface area contributed by atoms with E-state index in [4.69, 9.17) is 4.74 Å². The molecule has 0 saturated heterocycles. The van der Waals surface area contributed by atoms with Gasteiger partial charge in [0, 0.05) is 17.1 Å². The predicted octanol–water partition coefficient (Wildman–Crippen LogP) is 4.59. The number of hydrogen-bond acceptors (Lipinski definition) is 4. The molecule has 0 unspecified atom stereocenters. The molecule has 0 bridgehead atoms. The van der Waals surface area contributed by atoms with Gasteiger partial charge in [-0.3, -0.25) is 4.72 Å². The van der Waals surface area contributed by atoms with E-state index in [0.29, 0.717) is 22.7 Å². The number of amides is 2. The molecule has 3 N–H and O–H groups in total. The number of carbonyl (C=O) groups is 1. The van der Waals surface area contributed by atoms with Gasteiger partial charge in [0.05, 0.1) is 12.0 Å². The Hall–Kier alpha value is -3.59. The molecule has 156 valence electrons. The number of aryl methyl sites for hydroxylation is 1. The first-order valence-corrected chi connectivity index (χ1v) is 10.4. The van der Waals surface area contributed by atoms with Crippen molar-refractivity contribution in [2.75, 3.05) is 22.5 Å². The summed E-state index contributed by atoms with van der Waals surface area (Å²) < 4.78 is 46.2. The fraction of sp³-hybridized carbons (Fsp3) is 0.0952. The van der Waals surface area contributed by atoms with Gasteiger partial charge in [0.25, 0.3) is 10.0 Å². The molecular formula is C21H20FN3O4S. The molecule has 0 aliphatic heterocycles. The second kappa shape index (κ2) is 8.83. The quantitative estimate of drug-likeness (QED) is 0.534. The predicted molar refractivity (Wildman–Crippen MR) is 114 cm³/mol. The zero-order chi connectivity index (χ0) is 21.7. The van der Waals surface area contributed by atoms with Crippen LogP contribution in [0.3, 0.4) is 0 Å². The van der Waals surface area contributed by atoms with Crippen molar-refractivity contribution in [1.29, 1.82) is 0 Å². The average molecular weight is 429 g/mol. The van der Waals surface area contributed by atoms with Crippen LogP contribution in [0.25, 0.3) is 0 Å². The third-order valence-electron chi connectivity index (χ3n) is 4.18. The van der Waals surface area contributed by atoms with Gasteiger partial charge in [0.1, 0.15) is 11.6 Å². The number of hydrogen-bond donors (Lipinski definition) is 3. The highest BCUT2D eigenvalue weighted by Crippen LogP contribution is 2.24. The number of methoxy groups -OCH3 is 1. The van der Waals surface area contributed by atoms with Crippen LogP contribution in [0.2, 0.25) is 0 Å². The summed E-state index contributed by atoms with van der Waals surface area (Å²) in [5.41, 5.74) is 1.58. The standard InChI is InChI=1S/C21H20FN3O4S/c1-14-3-6-18(24-21(26)23-16-7-4-15(22)5-8-16)13-20(14)30(27,28)25-17-9-11-19(29-2)12-10-17/h3-13,25H,1-2H3,(H2,23,24,26). The minimum atomic E-state index is -3.89. The van der Waals surface area contributed by atoms with E-state index in [1.54, 1.807) is 43.3 Å². The summed E-state index contributed by atoms with van der Waals surface area (Å²) in [7, 11) is -2.37. The Balaban J connectivity index is 1.76. The number of halogens is 1. The van der Waals surface area contributed by atoms with Gasteiger partial charge in [-0.25, -0.2) is 17.6 Å². The topological polar surface area (TPSA) is 96.5 Å². The SMILES string of the molecule is COc1ccc(NS(=O)(=O)c2cc(NC(=O)Nc3ccc(F)cc3)ccc2C)cc1. The van der Waals surface area contributed by atoms with Gasteiger partial charge < -0.3 is 15.4 Å². The molecule has 0 heterocycles. The van der Waals surface area contributed by atoms with E-state index >= 15 is 0 Å². The fourth-order valence-corrected chi connectivity index (χ4v) is 3.99. The van der Waals surface area contributed by atoms with Crippen LogP contribution in [0.5, 0.6) is 5.75 Å². The second-order valence-corrected chi connectivity index (χ2v) is 8.05. The number of rotatable bonds is 6. The van der Waals surface area contributed by atoms with Gasteiger partial charge in [-0.15, -0.1) is 0 Å². The Morgan fingerprint density at radius 3 is 2.07 bits per heavy atom. The minimum Gasteiger partial charge on any atom is -0.497 e. The van der Waals surface area contributed by atoms with E-state index in [1.807, 2.05) is 0 Å². The lowest BCUT2D eigenvalue weighted by Gasteiger charge is -2.13. The summed E-state index contributed by atoms with van der Waals surface area (Å²) in [5, 5.41) is 5.12. The maximum atomic E-state index is 13.0. The molecule has 0 radical (unpaired) electrons. The van der Waals surface area contributed by atoms with E-state index in [1.165, 1.54) is 37.4 Å². The summed E-state index contributed by atoms with van der Waals surface area (Å²) >= 11 is 0. The number of benzene rings is 3. The van der Waals surface area contributed by atoms with E-state index in [-0.39, 0.29) is 10.6 Å². The van der Waals surface area contributed by atoms with Crippen molar-refractivity contribution in [2.24, 2.45) is 0 Å². The molecule has 0 aliphatic rings. The van der Waals surface area contributed by atoms with Crippen molar-refractivity contribution in [3.63, 3.8) is 0 Å². The zero-order valence-electron chi connectivity index (χ0n) is 16.3. The van der Waals surface area contributed by atoms with Crippen LogP contribution in [0.4, 0.5) is 26.2 Å². The van der Waals surface area contributed by atoms with Crippen molar-refractivity contribution in [1.82, 2.24) is 0 Å². The molecule has 2 amide bonds. The smallest absolute Gasteiger partial charge is 0.323 e. The first kappa shape index (κ1) is 21.1. The first-order chi connectivity index (χ1) is 14.3. The number of ether oxygens (including phenoxy) is 1.